The molecule has 0 unspecified atom stereocenters. The first-order chi connectivity index (χ1) is 13.2. The molecule has 0 radical (unpaired) electrons. The second kappa shape index (κ2) is 7.57. The standard InChI is InChI=1S/C25H20IN/c1-3-19-16-24(13-14-25(19)26)27(22-10-6-7-18(2)15-22)23-12-11-20-8-4-5-9-21(20)17-23/h3-17H,1H2,2H3. The summed E-state index contributed by atoms with van der Waals surface area (Å²) in [5.74, 6) is 0. The van der Waals surface area contributed by atoms with Gasteiger partial charge in [-0.15, -0.1) is 0 Å². The Morgan fingerprint density at radius 3 is 2.22 bits per heavy atom. The number of hydrogen-bond acceptors (Lipinski definition) is 1. The molecule has 0 aliphatic heterocycles. The normalized spacial score (nSPS) is 10.7. The molecule has 0 heterocycles. The van der Waals surface area contributed by atoms with Crippen molar-refractivity contribution in [2.45, 2.75) is 6.92 Å². The van der Waals surface area contributed by atoms with Gasteiger partial charge in [0.1, 0.15) is 0 Å². The van der Waals surface area contributed by atoms with Crippen LogP contribution in [-0.4, -0.2) is 0 Å². The maximum atomic E-state index is 3.97. The number of halogens is 1. The number of fused-ring (bicyclic) bond motifs is 1. The summed E-state index contributed by atoms with van der Waals surface area (Å²) in [6.45, 7) is 6.10. The molecule has 4 aromatic rings. The number of rotatable bonds is 4. The molecular weight excluding hydrogens is 441 g/mol. The second-order valence-electron chi connectivity index (χ2n) is 6.62. The van der Waals surface area contributed by atoms with E-state index in [1.165, 1.54) is 19.9 Å². The van der Waals surface area contributed by atoms with Gasteiger partial charge in [-0.1, -0.05) is 55.1 Å². The molecule has 0 aliphatic carbocycles. The van der Waals surface area contributed by atoms with E-state index in [0.29, 0.717) is 0 Å². The molecule has 0 atom stereocenters. The minimum Gasteiger partial charge on any atom is -0.310 e. The van der Waals surface area contributed by atoms with Crippen molar-refractivity contribution in [3.63, 3.8) is 0 Å². The Morgan fingerprint density at radius 1 is 0.741 bits per heavy atom. The average Bonchev–Trinajstić information content (AvgIpc) is 2.69. The van der Waals surface area contributed by atoms with Crippen molar-refractivity contribution in [1.29, 1.82) is 0 Å². The second-order valence-corrected chi connectivity index (χ2v) is 7.78. The van der Waals surface area contributed by atoms with Crippen LogP contribution in [0, 0.1) is 10.5 Å². The van der Waals surface area contributed by atoms with Gasteiger partial charge in [0.05, 0.1) is 0 Å². The monoisotopic (exact) mass is 461 g/mol. The van der Waals surface area contributed by atoms with Gasteiger partial charge in [-0.25, -0.2) is 0 Å². The molecule has 0 amide bonds. The highest BCUT2D eigenvalue weighted by Crippen LogP contribution is 2.37. The summed E-state index contributed by atoms with van der Waals surface area (Å²) < 4.78 is 1.20. The van der Waals surface area contributed by atoms with E-state index in [0.717, 1.165) is 22.6 Å². The zero-order valence-corrected chi connectivity index (χ0v) is 17.4. The minimum absolute atomic E-state index is 1.13. The number of nitrogens with zero attached hydrogens (tertiary/aromatic N) is 1. The van der Waals surface area contributed by atoms with Gasteiger partial charge in [0.2, 0.25) is 0 Å². The van der Waals surface area contributed by atoms with Crippen molar-refractivity contribution >= 4 is 56.5 Å². The molecule has 0 N–H and O–H groups in total. The van der Waals surface area contributed by atoms with Gasteiger partial charge < -0.3 is 4.90 Å². The van der Waals surface area contributed by atoms with Gasteiger partial charge in [-0.05, 0) is 93.9 Å². The zero-order chi connectivity index (χ0) is 18.8. The third-order valence-corrected chi connectivity index (χ3v) is 5.69. The quantitative estimate of drug-likeness (QED) is 0.280. The first-order valence-corrected chi connectivity index (χ1v) is 10.0. The fourth-order valence-electron chi connectivity index (χ4n) is 3.36. The molecule has 0 bridgehead atoms. The molecule has 0 saturated carbocycles. The lowest BCUT2D eigenvalue weighted by atomic mass is 10.1. The lowest BCUT2D eigenvalue weighted by Gasteiger charge is -2.26. The smallest absolute Gasteiger partial charge is 0.0468 e. The van der Waals surface area contributed by atoms with Crippen molar-refractivity contribution < 1.29 is 0 Å². The Kier molecular flexibility index (Phi) is 4.99. The average molecular weight is 461 g/mol. The van der Waals surface area contributed by atoms with Crippen LogP contribution in [0.25, 0.3) is 16.8 Å². The van der Waals surface area contributed by atoms with Crippen LogP contribution in [0.4, 0.5) is 17.1 Å². The SMILES string of the molecule is C=Cc1cc(N(c2cccc(C)c2)c2ccc3ccccc3c2)ccc1I. The summed E-state index contributed by atoms with van der Waals surface area (Å²) in [5, 5.41) is 2.49. The Morgan fingerprint density at radius 2 is 1.44 bits per heavy atom. The van der Waals surface area contributed by atoms with Gasteiger partial charge in [-0.2, -0.15) is 0 Å². The van der Waals surface area contributed by atoms with E-state index in [-0.39, 0.29) is 0 Å². The lowest BCUT2D eigenvalue weighted by molar-refractivity contribution is 1.27. The fourth-order valence-corrected chi connectivity index (χ4v) is 3.91. The van der Waals surface area contributed by atoms with Gasteiger partial charge >= 0.3 is 0 Å². The minimum atomic E-state index is 1.13. The van der Waals surface area contributed by atoms with Crippen molar-refractivity contribution in [2.24, 2.45) is 0 Å². The Hall–Kier alpha value is -2.59. The van der Waals surface area contributed by atoms with Crippen LogP contribution in [0.1, 0.15) is 11.1 Å². The highest BCUT2D eigenvalue weighted by molar-refractivity contribution is 14.1. The highest BCUT2D eigenvalue weighted by Gasteiger charge is 2.14. The summed E-state index contributed by atoms with van der Waals surface area (Å²) in [7, 11) is 0. The van der Waals surface area contributed by atoms with Gasteiger partial charge in [0, 0.05) is 20.6 Å². The van der Waals surface area contributed by atoms with E-state index in [2.05, 4.69) is 126 Å². The van der Waals surface area contributed by atoms with Crippen LogP contribution in [0.3, 0.4) is 0 Å². The third kappa shape index (κ3) is 3.62. The van der Waals surface area contributed by atoms with Crippen LogP contribution in [0.5, 0.6) is 0 Å². The van der Waals surface area contributed by atoms with Gasteiger partial charge in [-0.3, -0.25) is 0 Å². The summed E-state index contributed by atoms with van der Waals surface area (Å²) >= 11 is 2.36. The predicted octanol–water partition coefficient (Wildman–Crippen LogP) is 7.87. The zero-order valence-electron chi connectivity index (χ0n) is 15.2. The molecule has 0 spiro atoms. The van der Waals surface area contributed by atoms with Gasteiger partial charge in [0.25, 0.3) is 0 Å². The molecule has 27 heavy (non-hydrogen) atoms. The first-order valence-electron chi connectivity index (χ1n) is 8.93. The van der Waals surface area contributed by atoms with E-state index in [9.17, 15) is 0 Å². The summed E-state index contributed by atoms with van der Waals surface area (Å²) in [4.78, 5) is 2.31. The van der Waals surface area contributed by atoms with Crippen LogP contribution in [0.2, 0.25) is 0 Å². The maximum Gasteiger partial charge on any atom is 0.0468 e. The number of benzene rings is 4. The third-order valence-electron chi connectivity index (χ3n) is 4.71. The number of hydrogen-bond donors (Lipinski definition) is 0. The largest absolute Gasteiger partial charge is 0.310 e. The fraction of sp³-hybridized carbons (Fsp3) is 0.0400. The summed E-state index contributed by atoms with van der Waals surface area (Å²) in [6, 6.07) is 30.3. The van der Waals surface area contributed by atoms with Crippen LogP contribution >= 0.6 is 22.6 Å². The highest BCUT2D eigenvalue weighted by atomic mass is 127. The molecule has 2 heteroatoms. The maximum absolute atomic E-state index is 3.97. The summed E-state index contributed by atoms with van der Waals surface area (Å²) in [5.41, 5.74) is 5.82. The van der Waals surface area contributed by atoms with Crippen molar-refractivity contribution in [2.75, 3.05) is 4.90 Å². The first kappa shape index (κ1) is 17.8. The molecule has 4 rings (SSSR count). The summed E-state index contributed by atoms with van der Waals surface area (Å²) in [6.07, 6.45) is 1.92. The van der Waals surface area contributed by atoms with Crippen molar-refractivity contribution in [3.8, 4) is 0 Å². The molecule has 0 aromatic heterocycles. The van der Waals surface area contributed by atoms with Crippen molar-refractivity contribution in [3.05, 3.63) is 106 Å². The molecule has 1 nitrogen and oxygen atoms in total. The number of aryl methyl sites for hydroxylation is 1. The van der Waals surface area contributed by atoms with Crippen LogP contribution in [0.15, 0.2) is 91.5 Å². The van der Waals surface area contributed by atoms with E-state index in [1.807, 2.05) is 6.08 Å². The molecule has 132 valence electrons. The van der Waals surface area contributed by atoms with Crippen LogP contribution in [-0.2, 0) is 0 Å². The predicted molar refractivity (Wildman–Crippen MR) is 126 cm³/mol. The van der Waals surface area contributed by atoms with E-state index in [1.54, 1.807) is 0 Å². The Balaban J connectivity index is 1.93. The van der Waals surface area contributed by atoms with Crippen molar-refractivity contribution in [1.82, 2.24) is 0 Å². The topological polar surface area (TPSA) is 3.24 Å². The van der Waals surface area contributed by atoms with Crippen LogP contribution < -0.4 is 4.90 Å². The number of anilines is 3. The van der Waals surface area contributed by atoms with E-state index in [4.69, 9.17) is 0 Å². The van der Waals surface area contributed by atoms with E-state index < -0.39 is 0 Å². The Labute approximate surface area is 174 Å². The lowest BCUT2D eigenvalue weighted by Crippen LogP contribution is -2.10. The molecule has 0 saturated heterocycles. The van der Waals surface area contributed by atoms with Gasteiger partial charge in [0.15, 0.2) is 0 Å². The van der Waals surface area contributed by atoms with E-state index >= 15 is 0 Å². The molecule has 4 aromatic carbocycles. The molecule has 0 aliphatic rings. The molecule has 0 fully saturated rings. The Bertz CT molecular complexity index is 1130. The molecular formula is C25H20IN.